The van der Waals surface area contributed by atoms with Crippen molar-refractivity contribution in [3.8, 4) is 16.5 Å². The van der Waals surface area contributed by atoms with E-state index in [2.05, 4.69) is 38.6 Å². The van der Waals surface area contributed by atoms with Crippen LogP contribution in [-0.4, -0.2) is 48.1 Å². The number of hydrogen-bond donors (Lipinski definition) is 2. The number of aromatic amines is 1. The zero-order chi connectivity index (χ0) is 17.9. The normalized spacial score (nSPS) is 15.3. The molecular formula is C18H22N5OS2+. The predicted octanol–water partition coefficient (Wildman–Crippen LogP) is 2.04. The summed E-state index contributed by atoms with van der Waals surface area (Å²) in [6.07, 6.45) is 0. The average molecular weight is 389 g/mol. The van der Waals surface area contributed by atoms with E-state index >= 15 is 0 Å². The van der Waals surface area contributed by atoms with Crippen LogP contribution in [0.2, 0.25) is 0 Å². The molecule has 8 heteroatoms. The monoisotopic (exact) mass is 388 g/mol. The lowest BCUT2D eigenvalue weighted by Crippen LogP contribution is -3.14. The van der Waals surface area contributed by atoms with Gasteiger partial charge in [-0.1, -0.05) is 6.07 Å². The van der Waals surface area contributed by atoms with E-state index < -0.39 is 0 Å². The minimum atomic E-state index is 0.624. The van der Waals surface area contributed by atoms with Gasteiger partial charge in [0.25, 0.3) is 0 Å². The van der Waals surface area contributed by atoms with E-state index in [9.17, 15) is 0 Å². The van der Waals surface area contributed by atoms with Crippen molar-refractivity contribution in [1.29, 1.82) is 0 Å². The minimum Gasteiger partial charge on any atom is -0.497 e. The molecule has 2 aromatic heterocycles. The molecule has 0 amide bonds. The summed E-state index contributed by atoms with van der Waals surface area (Å²) < 4.78 is 7.85. The fraction of sp³-hybridized carbons (Fsp3) is 0.333. The quantitative estimate of drug-likeness (QED) is 0.657. The van der Waals surface area contributed by atoms with E-state index in [4.69, 9.17) is 17.0 Å². The molecule has 0 aliphatic carbocycles. The predicted molar refractivity (Wildman–Crippen MR) is 107 cm³/mol. The van der Waals surface area contributed by atoms with Gasteiger partial charge in [-0.15, -0.1) is 11.3 Å². The molecule has 0 bridgehead atoms. The zero-order valence-corrected chi connectivity index (χ0v) is 16.3. The second-order valence-corrected chi connectivity index (χ2v) is 7.67. The Balaban J connectivity index is 1.37. The fourth-order valence-electron chi connectivity index (χ4n) is 3.24. The fourth-order valence-corrected chi connectivity index (χ4v) is 4.11. The second kappa shape index (κ2) is 7.61. The number of methoxy groups -OCH3 is 1. The Kier molecular flexibility index (Phi) is 5.05. The van der Waals surface area contributed by atoms with Gasteiger partial charge in [0.1, 0.15) is 5.75 Å². The number of rotatable bonds is 5. The topological polar surface area (TPSA) is 50.5 Å². The Morgan fingerprint density at radius 2 is 2.00 bits per heavy atom. The van der Waals surface area contributed by atoms with Gasteiger partial charge < -0.3 is 14.5 Å². The summed E-state index contributed by atoms with van der Waals surface area (Å²) in [4.78, 5) is 9.54. The molecule has 1 aliphatic rings. The van der Waals surface area contributed by atoms with Crippen LogP contribution < -0.4 is 14.5 Å². The number of anilines is 1. The van der Waals surface area contributed by atoms with Crippen molar-refractivity contribution in [1.82, 2.24) is 14.8 Å². The molecule has 1 aromatic carbocycles. The molecule has 136 valence electrons. The lowest BCUT2D eigenvalue weighted by molar-refractivity contribution is -0.924. The molecule has 3 aromatic rings. The number of aromatic nitrogens is 3. The van der Waals surface area contributed by atoms with Gasteiger partial charge in [-0.3, -0.25) is 5.10 Å². The van der Waals surface area contributed by atoms with Gasteiger partial charge in [0.15, 0.2) is 12.5 Å². The molecule has 0 unspecified atom stereocenters. The molecule has 2 N–H and O–H groups in total. The molecule has 0 atom stereocenters. The first-order valence-electron chi connectivity index (χ1n) is 8.66. The third kappa shape index (κ3) is 3.67. The molecule has 1 fully saturated rings. The summed E-state index contributed by atoms with van der Waals surface area (Å²) in [5.74, 6) is 1.76. The second-order valence-electron chi connectivity index (χ2n) is 6.35. The van der Waals surface area contributed by atoms with Gasteiger partial charge in [0.2, 0.25) is 4.77 Å². The molecule has 6 nitrogen and oxygen atoms in total. The smallest absolute Gasteiger partial charge is 0.221 e. The molecule has 4 rings (SSSR count). The highest BCUT2D eigenvalue weighted by atomic mass is 32.1. The lowest BCUT2D eigenvalue weighted by atomic mass is 10.2. The first-order chi connectivity index (χ1) is 12.7. The van der Waals surface area contributed by atoms with Crippen LogP contribution in [0.3, 0.4) is 0 Å². The SMILES string of the molecule is COc1ccc(N2CC[NH+](Cn3[nH]c(-c4cccs4)nc3=S)CC2)cc1. The number of benzene rings is 1. The van der Waals surface area contributed by atoms with Crippen molar-refractivity contribution < 1.29 is 9.64 Å². The number of quaternary nitrogens is 1. The largest absolute Gasteiger partial charge is 0.497 e. The molecule has 0 radical (unpaired) electrons. The Morgan fingerprint density at radius 1 is 1.23 bits per heavy atom. The maximum atomic E-state index is 5.43. The molecule has 3 heterocycles. The Morgan fingerprint density at radius 3 is 2.65 bits per heavy atom. The van der Waals surface area contributed by atoms with E-state index in [0.29, 0.717) is 4.77 Å². The van der Waals surface area contributed by atoms with Crippen LogP contribution in [0.5, 0.6) is 5.75 Å². The molecule has 0 spiro atoms. The highest BCUT2D eigenvalue weighted by molar-refractivity contribution is 7.71. The number of hydrogen-bond acceptors (Lipinski definition) is 5. The van der Waals surface area contributed by atoms with E-state index in [1.54, 1.807) is 18.4 Å². The van der Waals surface area contributed by atoms with Crippen LogP contribution in [0.15, 0.2) is 41.8 Å². The third-order valence-corrected chi connectivity index (χ3v) is 5.91. The third-order valence-electron chi connectivity index (χ3n) is 4.72. The van der Waals surface area contributed by atoms with Gasteiger partial charge in [-0.25, -0.2) is 4.68 Å². The summed E-state index contributed by atoms with van der Waals surface area (Å²) >= 11 is 7.10. The highest BCUT2D eigenvalue weighted by Gasteiger charge is 2.21. The molecular weight excluding hydrogens is 366 g/mol. The summed E-state index contributed by atoms with van der Waals surface area (Å²) in [5, 5.41) is 5.40. The Labute approximate surface area is 161 Å². The maximum absolute atomic E-state index is 5.43. The Hall–Kier alpha value is -2.16. The number of H-pyrrole nitrogens is 1. The lowest BCUT2D eigenvalue weighted by Gasteiger charge is -2.33. The summed E-state index contributed by atoms with van der Waals surface area (Å²) in [6.45, 7) is 5.03. The van der Waals surface area contributed by atoms with Crippen LogP contribution in [0.25, 0.3) is 10.7 Å². The summed E-state index contributed by atoms with van der Waals surface area (Å²) in [6, 6.07) is 12.4. The highest BCUT2D eigenvalue weighted by Crippen LogP contribution is 2.21. The number of nitrogens with one attached hydrogen (secondary N) is 2. The van der Waals surface area contributed by atoms with Gasteiger partial charge in [-0.05, 0) is 47.9 Å². The zero-order valence-electron chi connectivity index (χ0n) is 14.6. The maximum Gasteiger partial charge on any atom is 0.221 e. The minimum absolute atomic E-state index is 0.624. The van der Waals surface area contributed by atoms with Crippen LogP contribution in [0.4, 0.5) is 5.69 Å². The number of piperazine rings is 1. The van der Waals surface area contributed by atoms with Crippen molar-refractivity contribution in [2.45, 2.75) is 6.67 Å². The van der Waals surface area contributed by atoms with Crippen molar-refractivity contribution in [2.24, 2.45) is 0 Å². The summed E-state index contributed by atoms with van der Waals surface area (Å²) in [7, 11) is 1.70. The van der Waals surface area contributed by atoms with E-state index in [1.165, 1.54) is 10.6 Å². The number of ether oxygens (including phenoxy) is 1. The summed E-state index contributed by atoms with van der Waals surface area (Å²) in [5.41, 5.74) is 1.25. The van der Waals surface area contributed by atoms with Crippen LogP contribution in [-0.2, 0) is 6.67 Å². The van der Waals surface area contributed by atoms with E-state index in [0.717, 1.165) is 49.3 Å². The van der Waals surface area contributed by atoms with Gasteiger partial charge in [0.05, 0.1) is 38.2 Å². The van der Waals surface area contributed by atoms with E-state index in [-0.39, 0.29) is 0 Å². The van der Waals surface area contributed by atoms with E-state index in [1.807, 2.05) is 22.9 Å². The van der Waals surface area contributed by atoms with Crippen molar-refractivity contribution in [3.63, 3.8) is 0 Å². The van der Waals surface area contributed by atoms with Crippen molar-refractivity contribution in [2.75, 3.05) is 38.2 Å². The first kappa shape index (κ1) is 17.3. The number of thiophene rings is 1. The standard InChI is InChI=1S/C18H21N5OS2/c1-24-15-6-4-14(5-7-15)22-10-8-21(9-11-22)13-23-18(25)19-17(20-23)16-3-2-12-26-16/h2-7,12H,8-11,13H2,1H3,(H,19,20,25)/p+1. The van der Waals surface area contributed by atoms with Gasteiger partial charge >= 0.3 is 0 Å². The molecule has 1 saturated heterocycles. The molecule has 0 saturated carbocycles. The molecule has 26 heavy (non-hydrogen) atoms. The van der Waals surface area contributed by atoms with Crippen molar-refractivity contribution in [3.05, 3.63) is 46.5 Å². The first-order valence-corrected chi connectivity index (χ1v) is 9.95. The van der Waals surface area contributed by atoms with Crippen molar-refractivity contribution >= 4 is 29.2 Å². The van der Waals surface area contributed by atoms with Crippen LogP contribution >= 0.6 is 23.6 Å². The molecule has 1 aliphatic heterocycles. The van der Waals surface area contributed by atoms with Crippen LogP contribution in [0, 0.1) is 4.77 Å². The average Bonchev–Trinajstić information content (AvgIpc) is 3.33. The van der Waals surface area contributed by atoms with Gasteiger partial charge in [0, 0.05) is 5.69 Å². The van der Waals surface area contributed by atoms with Crippen LogP contribution in [0.1, 0.15) is 0 Å². The Bertz CT molecular complexity index is 893. The number of nitrogens with zero attached hydrogens (tertiary/aromatic N) is 3. The van der Waals surface area contributed by atoms with Gasteiger partial charge in [-0.2, -0.15) is 4.98 Å².